The summed E-state index contributed by atoms with van der Waals surface area (Å²) in [5.41, 5.74) is 10.1. The highest BCUT2D eigenvalue weighted by Gasteiger charge is 2.25. The van der Waals surface area contributed by atoms with E-state index in [0.717, 1.165) is 22.4 Å². The number of methoxy groups -OCH3 is 2. The van der Waals surface area contributed by atoms with Crippen LogP contribution < -0.4 is 25.2 Å². The van der Waals surface area contributed by atoms with Crippen LogP contribution in [0.5, 0.6) is 11.5 Å². The number of carbonyl (C=O) groups excluding carboxylic acids is 1. The van der Waals surface area contributed by atoms with Crippen molar-refractivity contribution in [2.24, 2.45) is 7.05 Å². The van der Waals surface area contributed by atoms with Gasteiger partial charge in [-0.3, -0.25) is 14.6 Å². The van der Waals surface area contributed by atoms with E-state index in [9.17, 15) is 4.79 Å². The first kappa shape index (κ1) is 22.4. The molecule has 3 heterocycles. The first-order valence-electron chi connectivity index (χ1n) is 10.6. The third kappa shape index (κ3) is 4.04. The molecular formula is C25H22N5O4S+. The van der Waals surface area contributed by atoms with E-state index < -0.39 is 5.91 Å². The molecule has 0 aliphatic heterocycles. The molecule has 5 aromatic rings. The number of ether oxygens (including phenoxy) is 2. The molecule has 5 rings (SSSR count). The van der Waals surface area contributed by atoms with Crippen LogP contribution in [0.4, 0.5) is 11.6 Å². The van der Waals surface area contributed by atoms with Gasteiger partial charge in [-0.25, -0.2) is 4.98 Å². The molecular weight excluding hydrogens is 466 g/mol. The Morgan fingerprint density at radius 1 is 1.09 bits per heavy atom. The summed E-state index contributed by atoms with van der Waals surface area (Å²) in [6.07, 6.45) is 1.56. The monoisotopic (exact) mass is 488 g/mol. The summed E-state index contributed by atoms with van der Waals surface area (Å²) in [7, 11) is 4.87. The number of rotatable bonds is 6. The third-order valence-electron chi connectivity index (χ3n) is 5.48. The Morgan fingerprint density at radius 2 is 1.89 bits per heavy atom. The molecule has 0 radical (unpaired) electrons. The number of aromatic nitrogens is 3. The molecule has 0 aliphatic carbocycles. The number of benzene rings is 2. The number of amides is 1. The summed E-state index contributed by atoms with van der Waals surface area (Å²) < 4.78 is 17.8. The summed E-state index contributed by atoms with van der Waals surface area (Å²) in [6, 6.07) is 17.4. The van der Waals surface area contributed by atoms with Crippen LogP contribution in [0.25, 0.3) is 32.6 Å². The van der Waals surface area contributed by atoms with Gasteiger partial charge in [0, 0.05) is 22.1 Å². The Bertz CT molecular complexity index is 1540. The number of pyridine rings is 1. The second-order valence-electron chi connectivity index (χ2n) is 7.68. The minimum absolute atomic E-state index is 0.210. The minimum atomic E-state index is -0.410. The number of carbonyl (C=O) groups is 1. The van der Waals surface area contributed by atoms with Crippen LogP contribution in [-0.2, 0) is 7.05 Å². The second-order valence-corrected chi connectivity index (χ2v) is 8.68. The van der Waals surface area contributed by atoms with E-state index in [-0.39, 0.29) is 5.88 Å². The van der Waals surface area contributed by atoms with E-state index >= 15 is 0 Å². The third-order valence-corrected chi connectivity index (χ3v) is 6.57. The van der Waals surface area contributed by atoms with Gasteiger partial charge in [0.15, 0.2) is 23.8 Å². The predicted molar refractivity (Wildman–Crippen MR) is 134 cm³/mol. The van der Waals surface area contributed by atoms with Crippen molar-refractivity contribution in [2.75, 3.05) is 25.3 Å². The number of aryl methyl sites for hydroxylation is 1. The zero-order valence-electron chi connectivity index (χ0n) is 19.2. The Hall–Kier alpha value is -4.44. The number of nitrogen functional groups attached to an aromatic ring is 1. The van der Waals surface area contributed by atoms with E-state index in [1.165, 1.54) is 16.0 Å². The molecule has 9 nitrogen and oxygen atoms in total. The molecule has 0 saturated heterocycles. The van der Waals surface area contributed by atoms with Gasteiger partial charge in [0.2, 0.25) is 0 Å². The molecule has 0 aliphatic rings. The van der Waals surface area contributed by atoms with Gasteiger partial charge in [-0.2, -0.15) is 0 Å². The van der Waals surface area contributed by atoms with Crippen molar-refractivity contribution in [3.63, 3.8) is 0 Å². The van der Waals surface area contributed by atoms with Gasteiger partial charge >= 0.3 is 5.88 Å². The summed E-state index contributed by atoms with van der Waals surface area (Å²) in [5.74, 6) is 0.947. The number of hydrogen-bond donors (Lipinski definition) is 2. The normalized spacial score (nSPS) is 10.9. The molecule has 176 valence electrons. The molecule has 3 aromatic heterocycles. The summed E-state index contributed by atoms with van der Waals surface area (Å²) >= 11 is 1.21. The van der Waals surface area contributed by atoms with E-state index in [0.29, 0.717) is 32.3 Å². The van der Waals surface area contributed by atoms with E-state index in [1.54, 1.807) is 27.5 Å². The van der Waals surface area contributed by atoms with Crippen molar-refractivity contribution in [1.82, 2.24) is 10.3 Å². The topological polar surface area (TPSA) is 116 Å². The molecule has 0 unspecified atom stereocenters. The summed E-state index contributed by atoms with van der Waals surface area (Å²) in [5, 5.41) is 7.08. The lowest BCUT2D eigenvalue weighted by molar-refractivity contribution is -0.739. The van der Waals surface area contributed by atoms with Gasteiger partial charge in [0.1, 0.15) is 9.71 Å². The predicted octanol–water partition coefficient (Wildman–Crippen LogP) is 4.29. The Kier molecular flexibility index (Phi) is 5.79. The Morgan fingerprint density at radius 3 is 2.57 bits per heavy atom. The highest BCUT2D eigenvalue weighted by molar-refractivity contribution is 7.21. The number of anilines is 2. The number of para-hydroxylation sites is 1. The largest absolute Gasteiger partial charge is 0.493 e. The van der Waals surface area contributed by atoms with E-state index in [4.69, 9.17) is 24.7 Å². The molecule has 0 fully saturated rings. The van der Waals surface area contributed by atoms with Crippen LogP contribution in [0.3, 0.4) is 0 Å². The Balaban J connectivity index is 1.74. The lowest BCUT2D eigenvalue weighted by Crippen LogP contribution is -2.28. The first-order chi connectivity index (χ1) is 17.0. The van der Waals surface area contributed by atoms with E-state index in [2.05, 4.69) is 10.6 Å². The lowest BCUT2D eigenvalue weighted by Gasteiger charge is -2.15. The average molecular weight is 489 g/mol. The molecule has 35 heavy (non-hydrogen) atoms. The summed E-state index contributed by atoms with van der Waals surface area (Å²) in [6.45, 7) is 0. The highest BCUT2D eigenvalue weighted by atomic mass is 32.1. The minimum Gasteiger partial charge on any atom is -0.493 e. The maximum Gasteiger partial charge on any atom is 0.302 e. The number of nitrogens with zero attached hydrogens (tertiary/aromatic N) is 3. The molecule has 2 aromatic carbocycles. The Labute approximate surface area is 204 Å². The molecule has 0 bridgehead atoms. The molecule has 1 amide bonds. The molecule has 0 atom stereocenters. The van der Waals surface area contributed by atoms with Gasteiger partial charge in [0.25, 0.3) is 12.1 Å². The van der Waals surface area contributed by atoms with Crippen LogP contribution in [0.1, 0.15) is 9.67 Å². The van der Waals surface area contributed by atoms with Gasteiger partial charge < -0.3 is 15.2 Å². The summed E-state index contributed by atoms with van der Waals surface area (Å²) in [4.78, 5) is 18.9. The van der Waals surface area contributed by atoms with Crippen molar-refractivity contribution < 1.29 is 23.5 Å². The van der Waals surface area contributed by atoms with Gasteiger partial charge in [-0.05, 0) is 12.1 Å². The van der Waals surface area contributed by atoms with Crippen molar-refractivity contribution in [3.8, 4) is 33.9 Å². The zero-order valence-corrected chi connectivity index (χ0v) is 20.1. The standard InChI is InChI=1S/C25H21N5O4S/c1-30-13-19(34-29-30)28-24(31)23-21(26)20-16(15-10-7-11-18(32-2)22(15)33-3)12-17(27-25(20)35-23)14-8-5-4-6-9-14/h4-13H,1-3H3,(H2-,26,28,29,31)/p+1. The van der Waals surface area contributed by atoms with Gasteiger partial charge in [-0.15, -0.1) is 11.3 Å². The molecule has 0 saturated carbocycles. The van der Waals surface area contributed by atoms with Crippen LogP contribution in [-0.4, -0.2) is 30.4 Å². The number of hydrogen-bond acceptors (Lipinski definition) is 8. The van der Waals surface area contributed by atoms with Crippen molar-refractivity contribution in [1.29, 1.82) is 0 Å². The molecule has 10 heteroatoms. The zero-order chi connectivity index (χ0) is 24.5. The van der Waals surface area contributed by atoms with Gasteiger partial charge in [0.05, 0.1) is 25.6 Å². The quantitative estimate of drug-likeness (QED) is 0.342. The fourth-order valence-electron chi connectivity index (χ4n) is 3.91. The van der Waals surface area contributed by atoms with Crippen LogP contribution in [0, 0.1) is 0 Å². The lowest BCUT2D eigenvalue weighted by atomic mass is 9.98. The fraction of sp³-hybridized carbons (Fsp3) is 0.120. The second kappa shape index (κ2) is 9.07. The van der Waals surface area contributed by atoms with E-state index in [1.807, 2.05) is 54.6 Å². The first-order valence-corrected chi connectivity index (χ1v) is 11.5. The maximum atomic E-state index is 13.1. The van der Waals surface area contributed by atoms with Crippen molar-refractivity contribution in [2.45, 2.75) is 0 Å². The fourth-order valence-corrected chi connectivity index (χ4v) is 4.92. The number of fused-ring (bicyclic) bond motifs is 1. The molecule has 0 spiro atoms. The number of thiophene rings is 1. The molecule has 3 N–H and O–H groups in total. The number of nitrogens with one attached hydrogen (secondary N) is 1. The maximum absolute atomic E-state index is 13.1. The van der Waals surface area contributed by atoms with Crippen LogP contribution in [0.2, 0.25) is 0 Å². The highest BCUT2D eigenvalue weighted by Crippen LogP contribution is 2.46. The van der Waals surface area contributed by atoms with Crippen molar-refractivity contribution >= 4 is 39.0 Å². The SMILES string of the molecule is COc1cccc(-c2cc(-c3ccccc3)nc3sc(C(=O)Nc4c[n+](C)no4)c(N)c23)c1OC. The van der Waals surface area contributed by atoms with Crippen LogP contribution in [0.15, 0.2) is 65.3 Å². The smallest absolute Gasteiger partial charge is 0.302 e. The van der Waals surface area contributed by atoms with Crippen LogP contribution >= 0.6 is 11.3 Å². The number of nitrogens with two attached hydrogens (primary N) is 1. The van der Waals surface area contributed by atoms with Gasteiger partial charge in [-0.1, -0.05) is 47.1 Å². The van der Waals surface area contributed by atoms with Crippen molar-refractivity contribution in [3.05, 3.63) is 65.7 Å². The average Bonchev–Trinajstić information content (AvgIpc) is 3.45.